The van der Waals surface area contributed by atoms with Crippen molar-refractivity contribution in [3.05, 3.63) is 35.4 Å². The summed E-state index contributed by atoms with van der Waals surface area (Å²) in [7, 11) is 0. The van der Waals surface area contributed by atoms with E-state index >= 15 is 0 Å². The standard InChI is InChI=1S/C20H25N3O2/c21-13-16-2-1-3-17(12-16)20(24)23-9-5-18-19(23)4-8-22(18)14-15-6-10-25-11-7-15/h1-3,12,15,18-19H,4-11,14H2/t18-,19+/m0/s1. The molecule has 0 bridgehead atoms. The predicted molar refractivity (Wildman–Crippen MR) is 94.1 cm³/mol. The summed E-state index contributed by atoms with van der Waals surface area (Å²) in [5, 5.41) is 9.06. The van der Waals surface area contributed by atoms with Gasteiger partial charge in [-0.3, -0.25) is 9.69 Å². The van der Waals surface area contributed by atoms with Gasteiger partial charge < -0.3 is 9.64 Å². The molecule has 2 atom stereocenters. The Kier molecular flexibility index (Phi) is 4.74. The first-order valence-electron chi connectivity index (χ1n) is 9.39. The number of hydrogen-bond donors (Lipinski definition) is 0. The van der Waals surface area contributed by atoms with Crippen LogP contribution in [0.5, 0.6) is 0 Å². The molecule has 0 spiro atoms. The molecule has 25 heavy (non-hydrogen) atoms. The Morgan fingerprint density at radius 1 is 1.16 bits per heavy atom. The molecule has 5 nitrogen and oxygen atoms in total. The molecular weight excluding hydrogens is 314 g/mol. The van der Waals surface area contributed by atoms with Crippen LogP contribution in [0.2, 0.25) is 0 Å². The van der Waals surface area contributed by atoms with Crippen molar-refractivity contribution in [1.82, 2.24) is 9.80 Å². The molecule has 1 aromatic rings. The van der Waals surface area contributed by atoms with E-state index in [1.165, 1.54) is 0 Å². The number of ether oxygens (including phenoxy) is 1. The number of benzene rings is 1. The monoisotopic (exact) mass is 339 g/mol. The van der Waals surface area contributed by atoms with Gasteiger partial charge in [0.25, 0.3) is 5.91 Å². The summed E-state index contributed by atoms with van der Waals surface area (Å²) in [4.78, 5) is 17.6. The Morgan fingerprint density at radius 3 is 2.76 bits per heavy atom. The normalized spacial score (nSPS) is 27.2. The fourth-order valence-electron chi connectivity index (χ4n) is 4.70. The molecule has 3 aliphatic heterocycles. The van der Waals surface area contributed by atoms with E-state index in [0.717, 1.165) is 64.4 Å². The lowest BCUT2D eigenvalue weighted by atomic mass is 9.99. The van der Waals surface area contributed by atoms with Gasteiger partial charge in [-0.15, -0.1) is 0 Å². The average molecular weight is 339 g/mol. The molecule has 0 aliphatic carbocycles. The second kappa shape index (κ2) is 7.15. The summed E-state index contributed by atoms with van der Waals surface area (Å²) >= 11 is 0. The molecule has 0 N–H and O–H groups in total. The SMILES string of the molecule is N#Cc1cccc(C(=O)N2CC[C@H]3[C@H]2CCN3CC2CCOCC2)c1. The number of carbonyl (C=O) groups is 1. The van der Waals surface area contributed by atoms with Gasteiger partial charge in [0.15, 0.2) is 0 Å². The van der Waals surface area contributed by atoms with Gasteiger partial charge in [-0.1, -0.05) is 6.07 Å². The number of amides is 1. The lowest BCUT2D eigenvalue weighted by Crippen LogP contribution is -2.41. The highest BCUT2D eigenvalue weighted by Gasteiger charge is 2.44. The molecule has 3 aliphatic rings. The summed E-state index contributed by atoms with van der Waals surface area (Å²) in [5.74, 6) is 0.821. The summed E-state index contributed by atoms with van der Waals surface area (Å²) in [6, 6.07) is 10.0. The molecule has 3 fully saturated rings. The van der Waals surface area contributed by atoms with Crippen molar-refractivity contribution >= 4 is 5.91 Å². The highest BCUT2D eigenvalue weighted by atomic mass is 16.5. The van der Waals surface area contributed by atoms with Gasteiger partial charge in [0.1, 0.15) is 0 Å². The van der Waals surface area contributed by atoms with Crippen LogP contribution in [0, 0.1) is 17.2 Å². The van der Waals surface area contributed by atoms with Crippen molar-refractivity contribution in [2.75, 3.05) is 32.8 Å². The smallest absolute Gasteiger partial charge is 0.254 e. The summed E-state index contributed by atoms with van der Waals surface area (Å²) in [6.45, 7) is 4.86. The first-order chi connectivity index (χ1) is 12.3. The summed E-state index contributed by atoms with van der Waals surface area (Å²) < 4.78 is 5.47. The Bertz CT molecular complexity index is 678. The van der Waals surface area contributed by atoms with E-state index in [9.17, 15) is 4.79 Å². The van der Waals surface area contributed by atoms with Crippen molar-refractivity contribution in [3.63, 3.8) is 0 Å². The minimum Gasteiger partial charge on any atom is -0.381 e. The van der Waals surface area contributed by atoms with E-state index < -0.39 is 0 Å². The number of nitriles is 1. The molecule has 3 saturated heterocycles. The molecule has 1 aromatic carbocycles. The molecular formula is C20H25N3O2. The topological polar surface area (TPSA) is 56.6 Å². The highest BCUT2D eigenvalue weighted by molar-refractivity contribution is 5.95. The zero-order chi connectivity index (χ0) is 17.2. The summed E-state index contributed by atoms with van der Waals surface area (Å²) in [5.41, 5.74) is 1.19. The molecule has 0 radical (unpaired) electrons. The van der Waals surface area contributed by atoms with E-state index in [0.29, 0.717) is 23.2 Å². The van der Waals surface area contributed by atoms with E-state index in [1.807, 2.05) is 11.0 Å². The fourth-order valence-corrected chi connectivity index (χ4v) is 4.70. The minimum absolute atomic E-state index is 0.0810. The number of carbonyl (C=O) groups excluding carboxylic acids is 1. The molecule has 1 amide bonds. The van der Waals surface area contributed by atoms with E-state index in [-0.39, 0.29) is 5.91 Å². The minimum atomic E-state index is 0.0810. The molecule has 0 saturated carbocycles. The van der Waals surface area contributed by atoms with Crippen LogP contribution in [0.4, 0.5) is 0 Å². The lowest BCUT2D eigenvalue weighted by Gasteiger charge is -2.30. The van der Waals surface area contributed by atoms with Crippen molar-refractivity contribution < 1.29 is 9.53 Å². The predicted octanol–water partition coefficient (Wildman–Crippen LogP) is 2.27. The maximum atomic E-state index is 12.9. The zero-order valence-corrected chi connectivity index (χ0v) is 14.6. The van der Waals surface area contributed by atoms with Crippen molar-refractivity contribution in [1.29, 1.82) is 5.26 Å². The Morgan fingerprint density at radius 2 is 1.96 bits per heavy atom. The Labute approximate surface area is 149 Å². The molecule has 4 rings (SSSR count). The lowest BCUT2D eigenvalue weighted by molar-refractivity contribution is 0.0502. The van der Waals surface area contributed by atoms with Gasteiger partial charge in [-0.05, 0) is 49.8 Å². The third-order valence-corrected chi connectivity index (χ3v) is 6.02. The molecule has 0 aromatic heterocycles. The molecule has 0 unspecified atom stereocenters. The second-order valence-corrected chi connectivity index (χ2v) is 7.45. The van der Waals surface area contributed by atoms with E-state index in [4.69, 9.17) is 10.00 Å². The first-order valence-corrected chi connectivity index (χ1v) is 9.39. The van der Waals surface area contributed by atoms with Gasteiger partial charge in [0.05, 0.1) is 11.6 Å². The third-order valence-electron chi connectivity index (χ3n) is 6.02. The highest BCUT2D eigenvalue weighted by Crippen LogP contribution is 2.34. The van der Waals surface area contributed by atoms with Crippen molar-refractivity contribution in [3.8, 4) is 6.07 Å². The fraction of sp³-hybridized carbons (Fsp3) is 0.600. The maximum absolute atomic E-state index is 12.9. The van der Waals surface area contributed by atoms with Crippen LogP contribution >= 0.6 is 0 Å². The van der Waals surface area contributed by atoms with E-state index in [2.05, 4.69) is 11.0 Å². The van der Waals surface area contributed by atoms with E-state index in [1.54, 1.807) is 18.2 Å². The van der Waals surface area contributed by atoms with Crippen LogP contribution < -0.4 is 0 Å². The van der Waals surface area contributed by atoms with Crippen LogP contribution in [0.15, 0.2) is 24.3 Å². The van der Waals surface area contributed by atoms with Crippen molar-refractivity contribution in [2.45, 2.75) is 37.8 Å². The number of likely N-dealkylation sites (tertiary alicyclic amines) is 2. The van der Waals surface area contributed by atoms with Gasteiger partial charge in [-0.25, -0.2) is 0 Å². The van der Waals surface area contributed by atoms with Crippen LogP contribution in [-0.4, -0.2) is 60.6 Å². The molecule has 132 valence electrons. The van der Waals surface area contributed by atoms with Crippen LogP contribution in [0.3, 0.4) is 0 Å². The van der Waals surface area contributed by atoms with Crippen molar-refractivity contribution in [2.24, 2.45) is 5.92 Å². The summed E-state index contributed by atoms with van der Waals surface area (Å²) in [6.07, 6.45) is 4.46. The van der Waals surface area contributed by atoms with Crippen LogP contribution in [0.25, 0.3) is 0 Å². The molecule has 3 heterocycles. The Balaban J connectivity index is 1.42. The number of fused-ring (bicyclic) bond motifs is 1. The third kappa shape index (κ3) is 3.29. The number of rotatable bonds is 3. The molecule has 5 heteroatoms. The van der Waals surface area contributed by atoms with Crippen LogP contribution in [0.1, 0.15) is 41.6 Å². The number of hydrogen-bond acceptors (Lipinski definition) is 4. The zero-order valence-electron chi connectivity index (χ0n) is 14.6. The van der Waals surface area contributed by atoms with Crippen LogP contribution in [-0.2, 0) is 4.74 Å². The van der Waals surface area contributed by atoms with Gasteiger partial charge in [0.2, 0.25) is 0 Å². The average Bonchev–Trinajstić information content (AvgIpc) is 3.25. The first kappa shape index (κ1) is 16.6. The van der Waals surface area contributed by atoms with Gasteiger partial charge in [-0.2, -0.15) is 5.26 Å². The largest absolute Gasteiger partial charge is 0.381 e. The van der Waals surface area contributed by atoms with Gasteiger partial charge in [0, 0.05) is 50.5 Å². The van der Waals surface area contributed by atoms with Gasteiger partial charge >= 0.3 is 0 Å². The Hall–Kier alpha value is -1.90. The maximum Gasteiger partial charge on any atom is 0.254 e. The second-order valence-electron chi connectivity index (χ2n) is 7.45. The quantitative estimate of drug-likeness (QED) is 0.848. The number of nitrogens with zero attached hydrogens (tertiary/aromatic N) is 3.